The molecule has 0 fully saturated rings. The number of aromatic nitrogens is 1. The lowest BCUT2D eigenvalue weighted by Crippen LogP contribution is -2.10. The van der Waals surface area contributed by atoms with Gasteiger partial charge < -0.3 is 10.2 Å². The van der Waals surface area contributed by atoms with Crippen LogP contribution in [0.4, 0.5) is 13.2 Å². The number of nitrogens with two attached hydrogens (primary N) is 1. The molecule has 0 aliphatic carbocycles. The zero-order chi connectivity index (χ0) is 16.6. The molecule has 0 aliphatic heterocycles. The number of aryl methyl sites for hydroxylation is 1. The summed E-state index contributed by atoms with van der Waals surface area (Å²) >= 11 is 1.35. The Kier molecular flexibility index (Phi) is 3.99. The van der Waals surface area contributed by atoms with Crippen LogP contribution >= 0.6 is 11.3 Å². The van der Waals surface area contributed by atoms with Gasteiger partial charge in [-0.15, -0.1) is 11.3 Å². The number of rotatable bonds is 3. The van der Waals surface area contributed by atoms with Gasteiger partial charge in [0.25, 0.3) is 0 Å². The Labute approximate surface area is 134 Å². The van der Waals surface area contributed by atoms with Gasteiger partial charge in [0.05, 0.1) is 28.4 Å². The molecule has 1 atom stereocenters. The van der Waals surface area contributed by atoms with Gasteiger partial charge in [-0.05, 0) is 31.2 Å². The maximum absolute atomic E-state index is 12.6. The standard InChI is InChI=1S/C16H13F3N2OS/c1-9-14(13(20)12-3-2-8-22-12)23-15(21-9)10-4-6-11(7-5-10)16(17,18)19/h2-8,13H,20H2,1H3. The van der Waals surface area contributed by atoms with Gasteiger partial charge in [0.1, 0.15) is 10.8 Å². The summed E-state index contributed by atoms with van der Waals surface area (Å²) in [6.45, 7) is 1.82. The lowest BCUT2D eigenvalue weighted by molar-refractivity contribution is -0.137. The van der Waals surface area contributed by atoms with E-state index in [1.807, 2.05) is 6.92 Å². The Hall–Kier alpha value is -2.12. The average Bonchev–Trinajstić information content (AvgIpc) is 3.15. The van der Waals surface area contributed by atoms with E-state index < -0.39 is 17.8 Å². The van der Waals surface area contributed by atoms with Crippen LogP contribution in [-0.4, -0.2) is 4.98 Å². The molecule has 0 saturated carbocycles. The van der Waals surface area contributed by atoms with Crippen LogP contribution in [-0.2, 0) is 6.18 Å². The molecule has 2 aromatic heterocycles. The number of thiazole rings is 1. The Balaban J connectivity index is 1.92. The monoisotopic (exact) mass is 338 g/mol. The first-order valence-corrected chi connectivity index (χ1v) is 7.62. The number of halogens is 3. The molecule has 0 aliphatic rings. The fourth-order valence-electron chi connectivity index (χ4n) is 2.22. The third kappa shape index (κ3) is 3.16. The first-order valence-electron chi connectivity index (χ1n) is 6.80. The smallest absolute Gasteiger partial charge is 0.416 e. The van der Waals surface area contributed by atoms with E-state index >= 15 is 0 Å². The normalized spacial score (nSPS) is 13.3. The number of alkyl halides is 3. The molecule has 3 aromatic rings. The highest BCUT2D eigenvalue weighted by molar-refractivity contribution is 7.15. The molecule has 0 radical (unpaired) electrons. The number of nitrogens with zero attached hydrogens (tertiary/aromatic N) is 1. The molecule has 3 rings (SSSR count). The summed E-state index contributed by atoms with van der Waals surface area (Å²) in [6.07, 6.45) is -2.80. The van der Waals surface area contributed by atoms with E-state index in [2.05, 4.69) is 4.98 Å². The van der Waals surface area contributed by atoms with Gasteiger partial charge in [-0.25, -0.2) is 4.98 Å². The lowest BCUT2D eigenvalue weighted by Gasteiger charge is -2.06. The van der Waals surface area contributed by atoms with Gasteiger partial charge in [-0.1, -0.05) is 12.1 Å². The zero-order valence-corrected chi connectivity index (χ0v) is 12.9. The number of benzene rings is 1. The molecular weight excluding hydrogens is 325 g/mol. The molecule has 1 unspecified atom stereocenters. The minimum atomic E-state index is -4.34. The quantitative estimate of drug-likeness (QED) is 0.748. The second-order valence-corrected chi connectivity index (χ2v) is 6.07. The summed E-state index contributed by atoms with van der Waals surface area (Å²) in [4.78, 5) is 5.25. The SMILES string of the molecule is Cc1nc(-c2ccc(C(F)(F)F)cc2)sc1C(N)c1ccco1. The summed E-state index contributed by atoms with van der Waals surface area (Å²) in [5.41, 5.74) is 6.86. The molecule has 0 saturated heterocycles. The molecule has 0 amide bonds. The second kappa shape index (κ2) is 5.82. The fourth-order valence-corrected chi connectivity index (χ4v) is 3.30. The minimum Gasteiger partial charge on any atom is -0.467 e. The Morgan fingerprint density at radius 1 is 1.17 bits per heavy atom. The van der Waals surface area contributed by atoms with E-state index in [1.54, 1.807) is 18.4 Å². The van der Waals surface area contributed by atoms with Crippen molar-refractivity contribution >= 4 is 11.3 Å². The van der Waals surface area contributed by atoms with Crippen molar-refractivity contribution in [2.75, 3.05) is 0 Å². The van der Waals surface area contributed by atoms with Crippen LogP contribution in [0.2, 0.25) is 0 Å². The largest absolute Gasteiger partial charge is 0.467 e. The topological polar surface area (TPSA) is 52.0 Å². The molecule has 2 heterocycles. The van der Waals surface area contributed by atoms with Crippen LogP contribution in [0, 0.1) is 6.92 Å². The molecule has 23 heavy (non-hydrogen) atoms. The molecule has 1 aromatic carbocycles. The van der Waals surface area contributed by atoms with Gasteiger partial charge >= 0.3 is 6.18 Å². The predicted octanol–water partition coefficient (Wildman–Crippen LogP) is 4.78. The molecule has 0 bridgehead atoms. The highest BCUT2D eigenvalue weighted by Crippen LogP contribution is 2.35. The third-order valence-electron chi connectivity index (χ3n) is 3.42. The van der Waals surface area contributed by atoms with Crippen molar-refractivity contribution in [1.82, 2.24) is 4.98 Å². The second-order valence-electron chi connectivity index (χ2n) is 5.04. The van der Waals surface area contributed by atoms with Crippen LogP contribution < -0.4 is 5.73 Å². The predicted molar refractivity (Wildman–Crippen MR) is 82.0 cm³/mol. The summed E-state index contributed by atoms with van der Waals surface area (Å²) in [5.74, 6) is 0.621. The van der Waals surface area contributed by atoms with E-state index in [1.165, 1.54) is 23.5 Å². The molecule has 120 valence electrons. The summed E-state index contributed by atoms with van der Waals surface area (Å²) in [6, 6.07) is 8.04. The average molecular weight is 338 g/mol. The lowest BCUT2D eigenvalue weighted by atomic mass is 10.1. The summed E-state index contributed by atoms with van der Waals surface area (Å²) < 4.78 is 43.1. The van der Waals surface area contributed by atoms with E-state index in [-0.39, 0.29) is 0 Å². The van der Waals surface area contributed by atoms with E-state index in [9.17, 15) is 13.2 Å². The first kappa shape index (κ1) is 15.8. The Bertz CT molecular complexity index is 792. The maximum atomic E-state index is 12.6. The van der Waals surface area contributed by atoms with Crippen molar-refractivity contribution in [2.45, 2.75) is 19.1 Å². The van der Waals surface area contributed by atoms with Crippen LogP contribution in [0.15, 0.2) is 47.1 Å². The van der Waals surface area contributed by atoms with Crippen molar-refractivity contribution in [3.05, 3.63) is 64.6 Å². The summed E-state index contributed by atoms with van der Waals surface area (Å²) in [7, 11) is 0. The number of hydrogen-bond acceptors (Lipinski definition) is 4. The Morgan fingerprint density at radius 3 is 2.43 bits per heavy atom. The Morgan fingerprint density at radius 2 is 1.87 bits per heavy atom. The van der Waals surface area contributed by atoms with Gasteiger partial charge in [-0.2, -0.15) is 13.2 Å². The van der Waals surface area contributed by atoms with E-state index in [4.69, 9.17) is 10.2 Å². The van der Waals surface area contributed by atoms with E-state index in [0.29, 0.717) is 16.3 Å². The van der Waals surface area contributed by atoms with Crippen LogP contribution in [0.25, 0.3) is 10.6 Å². The first-order chi connectivity index (χ1) is 10.9. The number of furan rings is 1. The van der Waals surface area contributed by atoms with Gasteiger partial charge in [0, 0.05) is 5.56 Å². The third-order valence-corrected chi connectivity index (χ3v) is 4.71. The minimum absolute atomic E-state index is 0.439. The van der Waals surface area contributed by atoms with Gasteiger partial charge in [-0.3, -0.25) is 0 Å². The van der Waals surface area contributed by atoms with E-state index in [0.717, 1.165) is 22.7 Å². The van der Waals surface area contributed by atoms with Crippen LogP contribution in [0.5, 0.6) is 0 Å². The molecule has 0 spiro atoms. The van der Waals surface area contributed by atoms with Crippen molar-refractivity contribution in [3.63, 3.8) is 0 Å². The fraction of sp³-hybridized carbons (Fsp3) is 0.188. The summed E-state index contributed by atoms with van der Waals surface area (Å²) in [5, 5.41) is 0.633. The van der Waals surface area contributed by atoms with Crippen molar-refractivity contribution < 1.29 is 17.6 Å². The maximum Gasteiger partial charge on any atom is 0.416 e. The van der Waals surface area contributed by atoms with Crippen molar-refractivity contribution in [1.29, 1.82) is 0 Å². The molecule has 3 nitrogen and oxygen atoms in total. The van der Waals surface area contributed by atoms with Gasteiger partial charge in [0.2, 0.25) is 0 Å². The highest BCUT2D eigenvalue weighted by atomic mass is 32.1. The molecule has 2 N–H and O–H groups in total. The van der Waals surface area contributed by atoms with Crippen molar-refractivity contribution in [3.8, 4) is 10.6 Å². The zero-order valence-electron chi connectivity index (χ0n) is 12.1. The van der Waals surface area contributed by atoms with Crippen LogP contribution in [0.1, 0.15) is 27.9 Å². The number of hydrogen-bond donors (Lipinski definition) is 1. The van der Waals surface area contributed by atoms with Crippen molar-refractivity contribution in [2.24, 2.45) is 5.73 Å². The van der Waals surface area contributed by atoms with Gasteiger partial charge in [0.15, 0.2) is 0 Å². The molecular formula is C16H13F3N2OS. The van der Waals surface area contributed by atoms with Crippen LogP contribution in [0.3, 0.4) is 0 Å². The highest BCUT2D eigenvalue weighted by Gasteiger charge is 2.30. The molecule has 7 heteroatoms.